The molecule has 1 aromatic carbocycles. The van der Waals surface area contributed by atoms with Crippen LogP contribution in [0.15, 0.2) is 24.3 Å². The molecule has 0 radical (unpaired) electrons. The summed E-state index contributed by atoms with van der Waals surface area (Å²) in [5.74, 6) is -0.985. The Morgan fingerprint density at radius 2 is 2.00 bits per heavy atom. The molecule has 1 heterocycles. The van der Waals surface area contributed by atoms with Crippen molar-refractivity contribution in [2.75, 3.05) is 18.0 Å². The van der Waals surface area contributed by atoms with E-state index in [1.54, 1.807) is 31.2 Å². The van der Waals surface area contributed by atoms with Gasteiger partial charge < -0.3 is 14.7 Å². The van der Waals surface area contributed by atoms with Gasteiger partial charge in [0.05, 0.1) is 12.1 Å². The van der Waals surface area contributed by atoms with Crippen LogP contribution in [0.4, 0.5) is 5.69 Å². The van der Waals surface area contributed by atoms with E-state index in [9.17, 15) is 14.4 Å². The molecule has 2 rings (SSSR count). The first-order chi connectivity index (χ1) is 11.3. The smallest absolute Gasteiger partial charge is 0.305 e. The number of amides is 2. The molecular weight excluding hydrogens is 312 g/mol. The number of para-hydroxylation sites is 2. The number of carboxylic acids is 1. The Hall–Kier alpha value is -2.57. The van der Waals surface area contributed by atoms with E-state index in [4.69, 9.17) is 9.84 Å². The molecule has 24 heavy (non-hydrogen) atoms. The molecule has 1 aliphatic heterocycles. The summed E-state index contributed by atoms with van der Waals surface area (Å²) in [5.41, 5.74) is 0.552. The standard InChI is InChI=1S/C17H22N2O5/c1-11(2)18(9-8-16(21)22)15(20)10-19-13-6-4-5-7-14(13)24-12(3)17(19)23/h4-7,11-12H,8-10H2,1-3H3,(H,21,22). The van der Waals surface area contributed by atoms with E-state index in [0.29, 0.717) is 11.4 Å². The third kappa shape index (κ3) is 3.84. The fraction of sp³-hybridized carbons (Fsp3) is 0.471. The van der Waals surface area contributed by atoms with Gasteiger partial charge in [0.15, 0.2) is 6.10 Å². The lowest BCUT2D eigenvalue weighted by atomic mass is 10.1. The summed E-state index contributed by atoms with van der Waals surface area (Å²) in [6.07, 6.45) is -0.798. The molecule has 0 saturated carbocycles. The number of fused-ring (bicyclic) bond motifs is 1. The highest BCUT2D eigenvalue weighted by Gasteiger charge is 2.33. The van der Waals surface area contributed by atoms with Crippen LogP contribution in [0.3, 0.4) is 0 Å². The van der Waals surface area contributed by atoms with Gasteiger partial charge in [-0.2, -0.15) is 0 Å². The highest BCUT2D eigenvalue weighted by molar-refractivity contribution is 6.03. The number of ether oxygens (including phenoxy) is 1. The molecule has 0 aromatic heterocycles. The molecule has 0 aliphatic carbocycles. The molecular formula is C17H22N2O5. The van der Waals surface area contributed by atoms with Gasteiger partial charge in [-0.25, -0.2) is 0 Å². The molecule has 0 spiro atoms. The number of carbonyl (C=O) groups is 3. The van der Waals surface area contributed by atoms with Crippen LogP contribution < -0.4 is 9.64 Å². The number of carboxylic acid groups (broad SMARTS) is 1. The summed E-state index contributed by atoms with van der Waals surface area (Å²) in [6.45, 7) is 5.25. The van der Waals surface area contributed by atoms with Crippen molar-refractivity contribution < 1.29 is 24.2 Å². The average Bonchev–Trinajstić information content (AvgIpc) is 2.51. The normalized spacial score (nSPS) is 16.6. The fourth-order valence-corrected chi connectivity index (χ4v) is 2.63. The third-order valence-electron chi connectivity index (χ3n) is 3.88. The lowest BCUT2D eigenvalue weighted by Crippen LogP contribution is -2.51. The van der Waals surface area contributed by atoms with Gasteiger partial charge in [0.1, 0.15) is 12.3 Å². The zero-order valence-electron chi connectivity index (χ0n) is 14.1. The van der Waals surface area contributed by atoms with Crippen LogP contribution in [-0.2, 0) is 14.4 Å². The maximum absolute atomic E-state index is 12.6. The molecule has 130 valence electrons. The summed E-state index contributed by atoms with van der Waals surface area (Å²) in [5, 5.41) is 8.84. The molecule has 7 nitrogen and oxygen atoms in total. The first kappa shape index (κ1) is 17.8. The number of carbonyl (C=O) groups excluding carboxylic acids is 2. The molecule has 2 amide bonds. The van der Waals surface area contributed by atoms with Crippen molar-refractivity contribution in [1.82, 2.24) is 4.90 Å². The van der Waals surface area contributed by atoms with E-state index in [1.165, 1.54) is 9.80 Å². The monoisotopic (exact) mass is 334 g/mol. The summed E-state index contributed by atoms with van der Waals surface area (Å²) >= 11 is 0. The molecule has 7 heteroatoms. The van der Waals surface area contributed by atoms with Crippen LogP contribution in [0.1, 0.15) is 27.2 Å². The van der Waals surface area contributed by atoms with Crippen molar-refractivity contribution in [2.45, 2.75) is 39.3 Å². The van der Waals surface area contributed by atoms with Crippen LogP contribution in [0.2, 0.25) is 0 Å². The minimum atomic E-state index is -0.963. The maximum Gasteiger partial charge on any atom is 0.305 e. The fourth-order valence-electron chi connectivity index (χ4n) is 2.63. The van der Waals surface area contributed by atoms with Crippen molar-refractivity contribution >= 4 is 23.5 Å². The molecule has 1 aliphatic rings. The Morgan fingerprint density at radius 3 is 2.62 bits per heavy atom. The van der Waals surface area contributed by atoms with Crippen LogP contribution in [0.5, 0.6) is 5.75 Å². The summed E-state index contributed by atoms with van der Waals surface area (Å²) in [6, 6.07) is 6.90. The zero-order chi connectivity index (χ0) is 17.9. The minimum Gasteiger partial charge on any atom is -0.481 e. The second kappa shape index (κ2) is 7.33. The Labute approximate surface area is 140 Å². The number of aliphatic carboxylic acids is 1. The van der Waals surface area contributed by atoms with E-state index in [-0.39, 0.29) is 37.4 Å². The lowest BCUT2D eigenvalue weighted by molar-refractivity contribution is -0.139. The van der Waals surface area contributed by atoms with E-state index in [2.05, 4.69) is 0 Å². The van der Waals surface area contributed by atoms with Gasteiger partial charge >= 0.3 is 5.97 Å². The van der Waals surface area contributed by atoms with Crippen molar-refractivity contribution in [3.63, 3.8) is 0 Å². The Kier molecular flexibility index (Phi) is 5.43. The van der Waals surface area contributed by atoms with Gasteiger partial charge in [0.25, 0.3) is 5.91 Å². The summed E-state index contributed by atoms with van der Waals surface area (Å²) in [4.78, 5) is 38.7. The van der Waals surface area contributed by atoms with E-state index in [1.807, 2.05) is 13.8 Å². The van der Waals surface area contributed by atoms with E-state index >= 15 is 0 Å². The second-order valence-electron chi connectivity index (χ2n) is 5.98. The maximum atomic E-state index is 12.6. The highest BCUT2D eigenvalue weighted by Crippen LogP contribution is 2.33. The topological polar surface area (TPSA) is 87.2 Å². The minimum absolute atomic E-state index is 0.113. The van der Waals surface area contributed by atoms with Crippen molar-refractivity contribution in [3.05, 3.63) is 24.3 Å². The third-order valence-corrected chi connectivity index (χ3v) is 3.88. The molecule has 1 N–H and O–H groups in total. The van der Waals surface area contributed by atoms with Gasteiger partial charge in [-0.15, -0.1) is 0 Å². The first-order valence-electron chi connectivity index (χ1n) is 7.89. The SMILES string of the molecule is CC1Oc2ccccc2N(CC(=O)N(CCC(=O)O)C(C)C)C1=O. The average molecular weight is 334 g/mol. The zero-order valence-corrected chi connectivity index (χ0v) is 14.1. The van der Waals surface area contributed by atoms with Gasteiger partial charge in [-0.3, -0.25) is 19.3 Å². The largest absolute Gasteiger partial charge is 0.481 e. The summed E-state index contributed by atoms with van der Waals surface area (Å²) in [7, 11) is 0. The number of benzene rings is 1. The van der Waals surface area contributed by atoms with Crippen molar-refractivity contribution in [1.29, 1.82) is 0 Å². The van der Waals surface area contributed by atoms with Crippen molar-refractivity contribution in [2.24, 2.45) is 0 Å². The molecule has 0 fully saturated rings. The van der Waals surface area contributed by atoms with Gasteiger partial charge in [-0.1, -0.05) is 12.1 Å². The Balaban J connectivity index is 2.19. The Morgan fingerprint density at radius 1 is 1.33 bits per heavy atom. The van der Waals surface area contributed by atoms with Crippen LogP contribution >= 0.6 is 0 Å². The number of hydrogen-bond acceptors (Lipinski definition) is 4. The predicted molar refractivity (Wildman–Crippen MR) is 88.0 cm³/mol. The van der Waals surface area contributed by atoms with Crippen LogP contribution in [0.25, 0.3) is 0 Å². The van der Waals surface area contributed by atoms with Crippen LogP contribution in [0, 0.1) is 0 Å². The number of hydrogen-bond donors (Lipinski definition) is 1. The number of nitrogens with zero attached hydrogens (tertiary/aromatic N) is 2. The summed E-state index contributed by atoms with van der Waals surface area (Å²) < 4.78 is 5.55. The predicted octanol–water partition coefficient (Wildman–Crippen LogP) is 1.51. The second-order valence-corrected chi connectivity index (χ2v) is 5.98. The molecule has 1 aromatic rings. The van der Waals surface area contributed by atoms with Gasteiger partial charge in [-0.05, 0) is 32.9 Å². The molecule has 0 saturated heterocycles. The van der Waals surface area contributed by atoms with Gasteiger partial charge in [0.2, 0.25) is 5.91 Å². The number of anilines is 1. The molecule has 1 unspecified atom stereocenters. The van der Waals surface area contributed by atoms with Gasteiger partial charge in [0, 0.05) is 12.6 Å². The van der Waals surface area contributed by atoms with E-state index < -0.39 is 12.1 Å². The number of rotatable bonds is 6. The van der Waals surface area contributed by atoms with E-state index in [0.717, 1.165) is 0 Å². The first-order valence-corrected chi connectivity index (χ1v) is 7.89. The quantitative estimate of drug-likeness (QED) is 0.852. The molecule has 0 bridgehead atoms. The highest BCUT2D eigenvalue weighted by atomic mass is 16.5. The lowest BCUT2D eigenvalue weighted by Gasteiger charge is -2.35. The molecule has 1 atom stereocenters. The Bertz CT molecular complexity index is 644. The van der Waals surface area contributed by atoms with Crippen molar-refractivity contribution in [3.8, 4) is 5.75 Å². The van der Waals surface area contributed by atoms with Crippen LogP contribution in [-0.4, -0.2) is 53.0 Å².